The van der Waals surface area contributed by atoms with Crippen LogP contribution in [0.5, 0.6) is 0 Å². The molecule has 78 valence electrons. The highest BCUT2D eigenvalue weighted by Crippen LogP contribution is 2.12. The molecule has 0 rings (SSSR count). The zero-order valence-corrected chi connectivity index (χ0v) is 9.08. The molecule has 0 N–H and O–H groups in total. The van der Waals surface area contributed by atoms with Gasteiger partial charge in [0.1, 0.15) is 6.29 Å². The Bertz CT molecular complexity index is 123. The molecule has 2 nitrogen and oxygen atoms in total. The first kappa shape index (κ1) is 12.6. The molecule has 0 amide bonds. The summed E-state index contributed by atoms with van der Waals surface area (Å²) < 4.78 is 5.56. The molecular formula is C11H22O2. The van der Waals surface area contributed by atoms with Crippen molar-refractivity contribution < 1.29 is 9.53 Å². The summed E-state index contributed by atoms with van der Waals surface area (Å²) in [6.07, 6.45) is 5.13. The Hall–Kier alpha value is -0.370. The minimum atomic E-state index is 0.0865. The van der Waals surface area contributed by atoms with E-state index in [9.17, 15) is 4.79 Å². The molecule has 0 heterocycles. The quantitative estimate of drug-likeness (QED) is 0.545. The second-order valence-electron chi connectivity index (χ2n) is 3.61. The minimum absolute atomic E-state index is 0.0865. The maximum Gasteiger partial charge on any atom is 0.122 e. The van der Waals surface area contributed by atoms with Crippen LogP contribution in [0.4, 0.5) is 0 Å². The molecule has 0 aliphatic carbocycles. The number of rotatable bonds is 8. The number of hydrogen-bond donors (Lipinski definition) is 0. The summed E-state index contributed by atoms with van der Waals surface area (Å²) in [7, 11) is 0. The van der Waals surface area contributed by atoms with Crippen molar-refractivity contribution in [1.82, 2.24) is 0 Å². The average molecular weight is 186 g/mol. The highest BCUT2D eigenvalue weighted by Gasteiger charge is 2.07. The molecule has 0 aliphatic rings. The first-order valence-corrected chi connectivity index (χ1v) is 5.29. The summed E-state index contributed by atoms with van der Waals surface area (Å²) in [4.78, 5) is 10.2. The molecule has 13 heavy (non-hydrogen) atoms. The molecule has 0 aliphatic heterocycles. The van der Waals surface area contributed by atoms with Gasteiger partial charge in [0.15, 0.2) is 0 Å². The van der Waals surface area contributed by atoms with E-state index in [0.717, 1.165) is 12.9 Å². The summed E-state index contributed by atoms with van der Waals surface area (Å²) in [6.45, 7) is 7.14. The van der Waals surface area contributed by atoms with Crippen LogP contribution in [0.25, 0.3) is 0 Å². The lowest BCUT2D eigenvalue weighted by atomic mass is 10.0. The topological polar surface area (TPSA) is 26.3 Å². The van der Waals surface area contributed by atoms with Crippen molar-refractivity contribution in [2.45, 2.75) is 52.6 Å². The highest BCUT2D eigenvalue weighted by molar-refractivity contribution is 5.49. The fourth-order valence-electron chi connectivity index (χ4n) is 1.32. The summed E-state index contributed by atoms with van der Waals surface area (Å²) >= 11 is 0. The van der Waals surface area contributed by atoms with E-state index in [4.69, 9.17) is 4.74 Å². The van der Waals surface area contributed by atoms with Crippen molar-refractivity contribution in [3.05, 3.63) is 0 Å². The fourth-order valence-corrected chi connectivity index (χ4v) is 1.32. The van der Waals surface area contributed by atoms with Gasteiger partial charge in [-0.15, -0.1) is 0 Å². The molecule has 0 fully saturated rings. The molecule has 0 aromatic carbocycles. The molecule has 0 radical (unpaired) electrons. The Balaban J connectivity index is 3.51. The van der Waals surface area contributed by atoms with Crippen molar-refractivity contribution in [3.63, 3.8) is 0 Å². The van der Waals surface area contributed by atoms with Crippen LogP contribution < -0.4 is 0 Å². The zero-order chi connectivity index (χ0) is 10.1. The van der Waals surface area contributed by atoms with E-state index in [-0.39, 0.29) is 6.10 Å². The van der Waals surface area contributed by atoms with Gasteiger partial charge in [-0.3, -0.25) is 0 Å². The van der Waals surface area contributed by atoms with Crippen molar-refractivity contribution in [1.29, 1.82) is 0 Å². The van der Waals surface area contributed by atoms with Crippen molar-refractivity contribution in [3.8, 4) is 0 Å². The Kier molecular flexibility index (Phi) is 8.00. The normalized spacial score (nSPS) is 15.3. The Labute approximate surface area is 81.7 Å². The van der Waals surface area contributed by atoms with E-state index in [0.29, 0.717) is 12.3 Å². The first-order valence-electron chi connectivity index (χ1n) is 5.29. The summed E-state index contributed by atoms with van der Waals surface area (Å²) in [5, 5.41) is 0. The Morgan fingerprint density at radius 1 is 1.38 bits per heavy atom. The van der Waals surface area contributed by atoms with Crippen LogP contribution in [0.1, 0.15) is 46.5 Å². The third kappa shape index (κ3) is 6.76. The standard InChI is InChI=1S/C11H22O2/c1-4-6-11(5-2)9-13-10(3)7-8-12/h8,10-11H,4-7,9H2,1-3H3/t10-,11?/m0/s1. The van der Waals surface area contributed by atoms with Crippen molar-refractivity contribution in [2.75, 3.05) is 6.61 Å². The van der Waals surface area contributed by atoms with Crippen molar-refractivity contribution in [2.24, 2.45) is 5.92 Å². The van der Waals surface area contributed by atoms with Gasteiger partial charge in [-0.2, -0.15) is 0 Å². The smallest absolute Gasteiger partial charge is 0.122 e. The second-order valence-corrected chi connectivity index (χ2v) is 3.61. The van der Waals surface area contributed by atoms with Crippen LogP contribution >= 0.6 is 0 Å². The monoisotopic (exact) mass is 186 g/mol. The molecule has 0 aromatic heterocycles. The molecule has 0 saturated heterocycles. The maximum atomic E-state index is 10.2. The van der Waals surface area contributed by atoms with Gasteiger partial charge < -0.3 is 9.53 Å². The Morgan fingerprint density at radius 2 is 2.08 bits per heavy atom. The van der Waals surface area contributed by atoms with E-state index in [1.54, 1.807) is 0 Å². The lowest BCUT2D eigenvalue weighted by Crippen LogP contribution is -2.15. The van der Waals surface area contributed by atoms with Crippen molar-refractivity contribution >= 4 is 6.29 Å². The molecule has 0 spiro atoms. The van der Waals surface area contributed by atoms with E-state index in [1.807, 2.05) is 6.92 Å². The van der Waals surface area contributed by atoms with Crippen LogP contribution in [0.2, 0.25) is 0 Å². The number of aldehydes is 1. The number of carbonyl (C=O) groups excluding carboxylic acids is 1. The van der Waals surface area contributed by atoms with Crippen LogP contribution in [-0.2, 0) is 9.53 Å². The lowest BCUT2D eigenvalue weighted by molar-refractivity contribution is -0.110. The molecule has 2 heteroatoms. The SMILES string of the molecule is CCCC(CC)CO[C@@H](C)CC=O. The zero-order valence-electron chi connectivity index (χ0n) is 9.08. The number of hydrogen-bond acceptors (Lipinski definition) is 2. The first-order chi connectivity index (χ1) is 6.24. The van der Waals surface area contributed by atoms with Gasteiger partial charge in [0, 0.05) is 13.0 Å². The summed E-state index contributed by atoms with van der Waals surface area (Å²) in [5.74, 6) is 0.666. The third-order valence-electron chi connectivity index (χ3n) is 2.32. The average Bonchev–Trinajstić information content (AvgIpc) is 2.12. The number of carbonyl (C=O) groups is 1. The van der Waals surface area contributed by atoms with Gasteiger partial charge in [-0.25, -0.2) is 0 Å². The molecule has 0 aromatic rings. The lowest BCUT2D eigenvalue weighted by Gasteiger charge is -2.17. The minimum Gasteiger partial charge on any atom is -0.378 e. The Morgan fingerprint density at radius 3 is 2.54 bits per heavy atom. The second kappa shape index (κ2) is 8.24. The van der Waals surface area contributed by atoms with Crippen LogP contribution in [0.15, 0.2) is 0 Å². The van der Waals surface area contributed by atoms with Gasteiger partial charge in [-0.1, -0.05) is 26.7 Å². The van der Waals surface area contributed by atoms with Crippen LogP contribution in [-0.4, -0.2) is 19.0 Å². The highest BCUT2D eigenvalue weighted by atomic mass is 16.5. The van der Waals surface area contributed by atoms with Gasteiger partial charge in [0.25, 0.3) is 0 Å². The van der Waals surface area contributed by atoms with Gasteiger partial charge >= 0.3 is 0 Å². The molecule has 2 atom stereocenters. The van der Waals surface area contributed by atoms with Gasteiger partial charge in [0.2, 0.25) is 0 Å². The molecule has 1 unspecified atom stereocenters. The van der Waals surface area contributed by atoms with Gasteiger partial charge in [-0.05, 0) is 19.3 Å². The summed E-state index contributed by atoms with van der Waals surface area (Å²) in [6, 6.07) is 0. The van der Waals surface area contributed by atoms with Crippen LogP contribution in [0.3, 0.4) is 0 Å². The molecular weight excluding hydrogens is 164 g/mol. The maximum absolute atomic E-state index is 10.2. The van der Waals surface area contributed by atoms with Crippen LogP contribution in [0, 0.1) is 5.92 Å². The van der Waals surface area contributed by atoms with E-state index >= 15 is 0 Å². The summed E-state index contributed by atoms with van der Waals surface area (Å²) in [5.41, 5.74) is 0. The number of ether oxygens (including phenoxy) is 1. The largest absolute Gasteiger partial charge is 0.378 e. The fraction of sp³-hybridized carbons (Fsp3) is 0.909. The molecule has 0 saturated carbocycles. The van der Waals surface area contributed by atoms with E-state index in [2.05, 4.69) is 13.8 Å². The third-order valence-corrected chi connectivity index (χ3v) is 2.32. The predicted octanol–water partition coefficient (Wildman–Crippen LogP) is 2.81. The van der Waals surface area contributed by atoms with Gasteiger partial charge in [0.05, 0.1) is 6.10 Å². The van der Waals surface area contributed by atoms with E-state index in [1.165, 1.54) is 19.3 Å². The van der Waals surface area contributed by atoms with E-state index < -0.39 is 0 Å². The predicted molar refractivity (Wildman–Crippen MR) is 54.8 cm³/mol. The molecule has 0 bridgehead atoms.